The fourth-order valence-electron chi connectivity index (χ4n) is 4.88. The zero-order valence-corrected chi connectivity index (χ0v) is 15.4. The van der Waals surface area contributed by atoms with E-state index in [9.17, 15) is 0 Å². The Morgan fingerprint density at radius 2 is 1.64 bits per heavy atom. The zero-order valence-electron chi connectivity index (χ0n) is 15.4. The normalized spacial score (nSPS) is 15.0. The molecule has 126 valence electrons. The lowest BCUT2D eigenvalue weighted by Gasteiger charge is -2.12. The van der Waals surface area contributed by atoms with Crippen molar-refractivity contribution in [3.8, 4) is 0 Å². The lowest BCUT2D eigenvalue weighted by molar-refractivity contribution is 0.785. The van der Waals surface area contributed by atoms with E-state index in [1.54, 1.807) is 16.7 Å². The van der Waals surface area contributed by atoms with Crippen LogP contribution in [-0.4, -0.2) is 4.57 Å². The number of aromatic nitrogens is 1. The second-order valence-electron chi connectivity index (χ2n) is 7.45. The molecule has 1 heterocycles. The van der Waals surface area contributed by atoms with Gasteiger partial charge in [0.25, 0.3) is 0 Å². The Balaban J connectivity index is 1.78. The van der Waals surface area contributed by atoms with Crippen molar-refractivity contribution in [1.82, 2.24) is 4.57 Å². The van der Waals surface area contributed by atoms with E-state index in [0.717, 1.165) is 32.2 Å². The molecule has 0 saturated carbocycles. The molecule has 2 aromatic carbocycles. The second kappa shape index (κ2) is 5.36. The van der Waals surface area contributed by atoms with Gasteiger partial charge in [0, 0.05) is 23.0 Å². The van der Waals surface area contributed by atoms with Crippen LogP contribution in [0.4, 0.5) is 0 Å². The zero-order chi connectivity index (χ0) is 17.1. The summed E-state index contributed by atoms with van der Waals surface area (Å²) in [6, 6.07) is 14.2. The first-order chi connectivity index (χ1) is 12.2. The maximum Gasteiger partial charge on any atom is 0.0533 e. The standard InChI is InChI=1S/C24H25N/c1-4-15-7-9-17-13-18-14-21-20-12-16(5-2)8-10-22(20)25(6-3)24(21)23(18)19(17)11-15/h7-12H,4-6,13-14H2,1-3H3. The van der Waals surface area contributed by atoms with Gasteiger partial charge in [-0.05, 0) is 72.6 Å². The molecular formula is C24H25N. The molecule has 0 fully saturated rings. The quantitative estimate of drug-likeness (QED) is 0.581. The minimum absolute atomic E-state index is 1.04. The molecule has 1 heteroatoms. The minimum atomic E-state index is 1.04. The van der Waals surface area contributed by atoms with Crippen LogP contribution in [-0.2, 0) is 32.2 Å². The van der Waals surface area contributed by atoms with Crippen LogP contribution in [0.3, 0.4) is 0 Å². The molecule has 0 N–H and O–H groups in total. The summed E-state index contributed by atoms with van der Waals surface area (Å²) in [6.07, 6.45) is 4.50. The van der Waals surface area contributed by atoms with Crippen molar-refractivity contribution in [2.75, 3.05) is 0 Å². The first-order valence-corrected chi connectivity index (χ1v) is 9.73. The van der Waals surface area contributed by atoms with Gasteiger partial charge in [-0.25, -0.2) is 0 Å². The number of hydrogen-bond donors (Lipinski definition) is 0. The monoisotopic (exact) mass is 327 g/mol. The SMILES string of the molecule is CCc1ccc2c(c1)C1=C(C2)Cc2c1n(CC)c1ccc(CC)cc21. The van der Waals surface area contributed by atoms with Crippen molar-refractivity contribution in [1.29, 1.82) is 0 Å². The third-order valence-corrected chi connectivity index (χ3v) is 6.19. The van der Waals surface area contributed by atoms with E-state index in [-0.39, 0.29) is 0 Å². The second-order valence-corrected chi connectivity index (χ2v) is 7.45. The van der Waals surface area contributed by atoms with Gasteiger partial charge in [-0.3, -0.25) is 0 Å². The summed E-state index contributed by atoms with van der Waals surface area (Å²) < 4.78 is 2.56. The van der Waals surface area contributed by atoms with Crippen LogP contribution in [0.5, 0.6) is 0 Å². The van der Waals surface area contributed by atoms with Gasteiger partial charge in [0.15, 0.2) is 0 Å². The summed E-state index contributed by atoms with van der Waals surface area (Å²) in [7, 11) is 0. The largest absolute Gasteiger partial charge is 0.341 e. The van der Waals surface area contributed by atoms with Crippen LogP contribution in [0.2, 0.25) is 0 Å². The number of aryl methyl sites for hydroxylation is 3. The highest BCUT2D eigenvalue weighted by Crippen LogP contribution is 2.48. The maximum atomic E-state index is 2.56. The molecule has 5 rings (SSSR count). The molecule has 0 bridgehead atoms. The Morgan fingerprint density at radius 1 is 0.880 bits per heavy atom. The Bertz CT molecular complexity index is 1050. The molecule has 1 aromatic heterocycles. The number of hydrogen-bond acceptors (Lipinski definition) is 0. The molecule has 0 spiro atoms. The summed E-state index contributed by atoms with van der Waals surface area (Å²) in [5, 5.41) is 1.48. The summed E-state index contributed by atoms with van der Waals surface area (Å²) in [4.78, 5) is 0. The Hall–Kier alpha value is -2.28. The van der Waals surface area contributed by atoms with Crippen molar-refractivity contribution in [2.24, 2.45) is 0 Å². The van der Waals surface area contributed by atoms with Crippen LogP contribution < -0.4 is 0 Å². The number of nitrogens with zero attached hydrogens (tertiary/aromatic N) is 1. The van der Waals surface area contributed by atoms with Gasteiger partial charge in [-0.15, -0.1) is 0 Å². The molecule has 1 nitrogen and oxygen atoms in total. The number of allylic oxidation sites excluding steroid dienone is 1. The predicted molar refractivity (Wildman–Crippen MR) is 106 cm³/mol. The lowest BCUT2D eigenvalue weighted by Crippen LogP contribution is -2.01. The molecule has 0 radical (unpaired) electrons. The third-order valence-electron chi connectivity index (χ3n) is 6.19. The van der Waals surface area contributed by atoms with Crippen LogP contribution >= 0.6 is 0 Å². The molecule has 0 atom stereocenters. The molecule has 0 unspecified atom stereocenters. The first kappa shape index (κ1) is 15.0. The predicted octanol–water partition coefficient (Wildman–Crippen LogP) is 5.70. The summed E-state index contributed by atoms with van der Waals surface area (Å²) >= 11 is 0. The highest BCUT2D eigenvalue weighted by Gasteiger charge is 2.34. The van der Waals surface area contributed by atoms with Crippen molar-refractivity contribution < 1.29 is 0 Å². The van der Waals surface area contributed by atoms with E-state index in [1.165, 1.54) is 38.9 Å². The molecule has 3 aromatic rings. The van der Waals surface area contributed by atoms with E-state index >= 15 is 0 Å². The average molecular weight is 327 g/mol. The first-order valence-electron chi connectivity index (χ1n) is 9.73. The van der Waals surface area contributed by atoms with Crippen LogP contribution in [0.15, 0.2) is 42.0 Å². The molecule has 25 heavy (non-hydrogen) atoms. The van der Waals surface area contributed by atoms with E-state index in [4.69, 9.17) is 0 Å². The molecule has 2 aliphatic rings. The van der Waals surface area contributed by atoms with Gasteiger partial charge < -0.3 is 4.57 Å². The Kier molecular flexibility index (Phi) is 3.22. The Morgan fingerprint density at radius 3 is 2.40 bits per heavy atom. The van der Waals surface area contributed by atoms with Crippen molar-refractivity contribution in [2.45, 2.75) is 53.0 Å². The highest BCUT2D eigenvalue weighted by molar-refractivity contribution is 6.00. The summed E-state index contributed by atoms with van der Waals surface area (Å²) in [6.45, 7) is 7.82. The van der Waals surface area contributed by atoms with Crippen LogP contribution in [0, 0.1) is 0 Å². The van der Waals surface area contributed by atoms with Crippen molar-refractivity contribution >= 4 is 16.5 Å². The third kappa shape index (κ3) is 1.96. The van der Waals surface area contributed by atoms with Gasteiger partial charge >= 0.3 is 0 Å². The van der Waals surface area contributed by atoms with Gasteiger partial charge in [0.1, 0.15) is 0 Å². The van der Waals surface area contributed by atoms with Crippen LogP contribution in [0.1, 0.15) is 54.3 Å². The van der Waals surface area contributed by atoms with Gasteiger partial charge in [-0.2, -0.15) is 0 Å². The average Bonchev–Trinajstić information content (AvgIpc) is 3.27. The fourth-order valence-corrected chi connectivity index (χ4v) is 4.88. The van der Waals surface area contributed by atoms with Gasteiger partial charge in [0.05, 0.1) is 5.69 Å². The fraction of sp³-hybridized carbons (Fsp3) is 0.333. The lowest BCUT2D eigenvalue weighted by atomic mass is 9.97. The molecule has 0 aliphatic heterocycles. The molecule has 2 aliphatic carbocycles. The van der Waals surface area contributed by atoms with Crippen molar-refractivity contribution in [3.63, 3.8) is 0 Å². The van der Waals surface area contributed by atoms with E-state index < -0.39 is 0 Å². The number of fused-ring (bicyclic) bond motifs is 6. The van der Waals surface area contributed by atoms with E-state index in [0.29, 0.717) is 0 Å². The Labute approximate surface area is 150 Å². The number of rotatable bonds is 3. The molecular weight excluding hydrogens is 302 g/mol. The summed E-state index contributed by atoms with van der Waals surface area (Å²) in [5.41, 5.74) is 13.6. The topological polar surface area (TPSA) is 4.93 Å². The maximum absolute atomic E-state index is 2.56. The number of benzene rings is 2. The smallest absolute Gasteiger partial charge is 0.0533 e. The van der Waals surface area contributed by atoms with E-state index in [1.807, 2.05) is 0 Å². The van der Waals surface area contributed by atoms with E-state index in [2.05, 4.69) is 61.7 Å². The van der Waals surface area contributed by atoms with Gasteiger partial charge in [0.2, 0.25) is 0 Å². The highest BCUT2D eigenvalue weighted by atomic mass is 15.0. The van der Waals surface area contributed by atoms with Gasteiger partial charge in [-0.1, -0.05) is 43.7 Å². The van der Waals surface area contributed by atoms with Crippen molar-refractivity contribution in [3.05, 3.63) is 75.5 Å². The van der Waals surface area contributed by atoms with Crippen LogP contribution in [0.25, 0.3) is 16.5 Å². The molecule has 0 saturated heterocycles. The minimum Gasteiger partial charge on any atom is -0.341 e. The summed E-state index contributed by atoms with van der Waals surface area (Å²) in [5.74, 6) is 0. The molecule has 0 amide bonds.